The molecule has 0 amide bonds. The molecule has 1 rings (SSSR count). The molecule has 0 saturated carbocycles. The van der Waals surface area contributed by atoms with E-state index in [4.69, 9.17) is 0 Å². The van der Waals surface area contributed by atoms with Crippen molar-refractivity contribution in [2.24, 2.45) is 7.05 Å². The Kier molecular flexibility index (Phi) is 3.73. The molecule has 0 spiro atoms. The number of rotatable bonds is 5. The van der Waals surface area contributed by atoms with E-state index in [0.717, 1.165) is 5.82 Å². The quantitative estimate of drug-likeness (QED) is 0.666. The molecule has 0 atom stereocenters. The van der Waals surface area contributed by atoms with Crippen LogP contribution in [0.3, 0.4) is 0 Å². The van der Waals surface area contributed by atoms with E-state index < -0.39 is 0 Å². The van der Waals surface area contributed by atoms with Crippen molar-refractivity contribution in [3.8, 4) is 0 Å². The molecule has 68 valence electrons. The normalized spacial score (nSPS) is 10.5. The van der Waals surface area contributed by atoms with Crippen LogP contribution in [-0.4, -0.2) is 22.8 Å². The lowest BCUT2D eigenvalue weighted by molar-refractivity contribution is 0.457. The smallest absolute Gasteiger partial charge is 0.122 e. The summed E-state index contributed by atoms with van der Waals surface area (Å²) in [5.41, 5.74) is 0. The van der Waals surface area contributed by atoms with Crippen LogP contribution in [-0.2, 0) is 13.6 Å². The predicted molar refractivity (Wildman–Crippen MR) is 45.5 cm³/mol. The Morgan fingerprint density at radius 3 is 3.08 bits per heavy atom. The second-order valence-electron chi connectivity index (χ2n) is 2.67. The summed E-state index contributed by atoms with van der Waals surface area (Å²) in [5.74, 6) is 0.980. The van der Waals surface area contributed by atoms with Gasteiger partial charge in [0, 0.05) is 19.4 Å². The van der Waals surface area contributed by atoms with Gasteiger partial charge in [-0.2, -0.15) is 0 Å². The minimum Gasteiger partial charge on any atom is -0.337 e. The van der Waals surface area contributed by atoms with Crippen molar-refractivity contribution in [1.82, 2.24) is 14.9 Å². The number of imidazole rings is 1. The molecule has 0 aliphatic rings. The first-order valence-electron chi connectivity index (χ1n) is 4.07. The van der Waals surface area contributed by atoms with Crippen molar-refractivity contribution in [1.29, 1.82) is 0 Å². The van der Waals surface area contributed by atoms with Crippen LogP contribution >= 0.6 is 0 Å². The van der Waals surface area contributed by atoms with Gasteiger partial charge < -0.3 is 9.88 Å². The predicted octanol–water partition coefficient (Wildman–Crippen LogP) is 0.869. The zero-order chi connectivity index (χ0) is 8.81. The third kappa shape index (κ3) is 2.62. The number of nitrogens with zero attached hydrogens (tertiary/aromatic N) is 2. The number of hydrogen-bond acceptors (Lipinski definition) is 2. The van der Waals surface area contributed by atoms with Gasteiger partial charge in [0.2, 0.25) is 0 Å². The van der Waals surface area contributed by atoms with Gasteiger partial charge in [-0.1, -0.05) is 0 Å². The highest BCUT2D eigenvalue weighted by molar-refractivity contribution is 4.89. The first kappa shape index (κ1) is 9.19. The molecule has 1 aromatic rings. The van der Waals surface area contributed by atoms with Gasteiger partial charge in [-0.3, -0.25) is 4.39 Å². The zero-order valence-electron chi connectivity index (χ0n) is 7.26. The van der Waals surface area contributed by atoms with Gasteiger partial charge in [-0.05, 0) is 13.0 Å². The summed E-state index contributed by atoms with van der Waals surface area (Å²) in [6.07, 6.45) is 4.22. The molecule has 4 heteroatoms. The number of aromatic nitrogens is 2. The number of aryl methyl sites for hydroxylation is 1. The van der Waals surface area contributed by atoms with E-state index in [9.17, 15) is 4.39 Å². The SMILES string of the molecule is Cn1ccnc1CNCCCF. The van der Waals surface area contributed by atoms with Crippen molar-refractivity contribution in [3.05, 3.63) is 18.2 Å². The molecular formula is C8H14FN3. The van der Waals surface area contributed by atoms with Gasteiger partial charge in [0.15, 0.2) is 0 Å². The fourth-order valence-corrected chi connectivity index (χ4v) is 0.959. The van der Waals surface area contributed by atoms with Crippen molar-refractivity contribution in [2.45, 2.75) is 13.0 Å². The summed E-state index contributed by atoms with van der Waals surface area (Å²) in [6, 6.07) is 0. The molecule has 0 aliphatic heterocycles. The molecule has 1 heterocycles. The Morgan fingerprint density at radius 1 is 1.67 bits per heavy atom. The molecule has 0 unspecified atom stereocenters. The first-order valence-corrected chi connectivity index (χ1v) is 4.07. The Bertz CT molecular complexity index is 222. The molecule has 12 heavy (non-hydrogen) atoms. The van der Waals surface area contributed by atoms with Crippen molar-refractivity contribution in [3.63, 3.8) is 0 Å². The lowest BCUT2D eigenvalue weighted by atomic mass is 10.4. The molecule has 0 radical (unpaired) electrons. The van der Waals surface area contributed by atoms with Crippen LogP contribution in [0.1, 0.15) is 12.2 Å². The highest BCUT2D eigenvalue weighted by atomic mass is 19.1. The maximum absolute atomic E-state index is 11.7. The standard InChI is InChI=1S/C8H14FN3/c1-12-6-5-11-8(12)7-10-4-2-3-9/h5-6,10H,2-4,7H2,1H3. The summed E-state index contributed by atoms with van der Waals surface area (Å²) < 4.78 is 13.6. The van der Waals surface area contributed by atoms with Crippen LogP contribution in [0.15, 0.2) is 12.4 Å². The first-order chi connectivity index (χ1) is 5.84. The number of halogens is 1. The molecular weight excluding hydrogens is 157 g/mol. The van der Waals surface area contributed by atoms with Gasteiger partial charge in [-0.15, -0.1) is 0 Å². The lowest BCUT2D eigenvalue weighted by Crippen LogP contribution is -2.17. The Morgan fingerprint density at radius 2 is 2.50 bits per heavy atom. The fourth-order valence-electron chi connectivity index (χ4n) is 0.959. The molecule has 1 aromatic heterocycles. The van der Waals surface area contributed by atoms with E-state index >= 15 is 0 Å². The average Bonchev–Trinajstić information content (AvgIpc) is 2.46. The van der Waals surface area contributed by atoms with Crippen molar-refractivity contribution >= 4 is 0 Å². The minimum atomic E-state index is -0.256. The number of hydrogen-bond donors (Lipinski definition) is 1. The van der Waals surface area contributed by atoms with Crippen LogP contribution in [0, 0.1) is 0 Å². The third-order valence-corrected chi connectivity index (χ3v) is 1.69. The monoisotopic (exact) mass is 171 g/mol. The van der Waals surface area contributed by atoms with Gasteiger partial charge >= 0.3 is 0 Å². The molecule has 3 nitrogen and oxygen atoms in total. The molecule has 0 aliphatic carbocycles. The zero-order valence-corrected chi connectivity index (χ0v) is 7.26. The van der Waals surface area contributed by atoms with E-state index in [-0.39, 0.29) is 6.67 Å². The van der Waals surface area contributed by atoms with E-state index in [1.165, 1.54) is 0 Å². The maximum atomic E-state index is 11.7. The van der Waals surface area contributed by atoms with Crippen LogP contribution in [0.25, 0.3) is 0 Å². The van der Waals surface area contributed by atoms with Gasteiger partial charge in [-0.25, -0.2) is 4.98 Å². The fraction of sp³-hybridized carbons (Fsp3) is 0.625. The van der Waals surface area contributed by atoms with Crippen LogP contribution in [0.4, 0.5) is 4.39 Å². The molecule has 0 saturated heterocycles. The van der Waals surface area contributed by atoms with Crippen molar-refractivity contribution in [2.75, 3.05) is 13.2 Å². The third-order valence-electron chi connectivity index (χ3n) is 1.69. The summed E-state index contributed by atoms with van der Waals surface area (Å²) in [5, 5.41) is 3.11. The average molecular weight is 171 g/mol. The largest absolute Gasteiger partial charge is 0.337 e. The topological polar surface area (TPSA) is 29.9 Å². The number of alkyl halides is 1. The van der Waals surface area contributed by atoms with Crippen LogP contribution < -0.4 is 5.32 Å². The summed E-state index contributed by atoms with van der Waals surface area (Å²) in [4.78, 5) is 4.12. The summed E-state index contributed by atoms with van der Waals surface area (Å²) in [6.45, 7) is 1.17. The molecule has 1 N–H and O–H groups in total. The van der Waals surface area contributed by atoms with E-state index in [1.807, 2.05) is 17.8 Å². The molecule has 0 aromatic carbocycles. The van der Waals surface area contributed by atoms with Crippen LogP contribution in [0.2, 0.25) is 0 Å². The lowest BCUT2D eigenvalue weighted by Gasteiger charge is -2.02. The highest BCUT2D eigenvalue weighted by Gasteiger charge is 1.96. The Labute approximate surface area is 71.6 Å². The molecule has 0 bridgehead atoms. The van der Waals surface area contributed by atoms with Crippen LogP contribution in [0.5, 0.6) is 0 Å². The van der Waals surface area contributed by atoms with Gasteiger partial charge in [0.25, 0.3) is 0 Å². The highest BCUT2D eigenvalue weighted by Crippen LogP contribution is 1.92. The van der Waals surface area contributed by atoms with E-state index in [0.29, 0.717) is 19.5 Å². The summed E-state index contributed by atoms with van der Waals surface area (Å²) in [7, 11) is 1.94. The molecule has 0 fully saturated rings. The van der Waals surface area contributed by atoms with E-state index in [1.54, 1.807) is 6.20 Å². The second-order valence-corrected chi connectivity index (χ2v) is 2.67. The maximum Gasteiger partial charge on any atom is 0.122 e. The van der Waals surface area contributed by atoms with Gasteiger partial charge in [0.1, 0.15) is 5.82 Å². The Hall–Kier alpha value is -0.900. The summed E-state index contributed by atoms with van der Waals surface area (Å²) >= 11 is 0. The minimum absolute atomic E-state index is 0.256. The van der Waals surface area contributed by atoms with Crippen molar-refractivity contribution < 1.29 is 4.39 Å². The van der Waals surface area contributed by atoms with Gasteiger partial charge in [0.05, 0.1) is 13.2 Å². The van der Waals surface area contributed by atoms with E-state index in [2.05, 4.69) is 10.3 Å². The second kappa shape index (κ2) is 4.87. The number of nitrogens with one attached hydrogen (secondary N) is 1. The Balaban J connectivity index is 2.20.